The van der Waals surface area contributed by atoms with Crippen LogP contribution in [0.25, 0.3) is 0 Å². The molecule has 0 bridgehead atoms. The van der Waals surface area contributed by atoms with E-state index in [2.05, 4.69) is 15.2 Å². The molecule has 0 aromatic heterocycles. The Hall–Kier alpha value is -2.82. The number of methoxy groups -OCH3 is 1. The molecule has 0 radical (unpaired) electrons. The van der Waals surface area contributed by atoms with Crippen LogP contribution in [0, 0.1) is 0 Å². The van der Waals surface area contributed by atoms with Crippen LogP contribution in [0.5, 0.6) is 0 Å². The molecule has 2 rings (SSSR count). The topological polar surface area (TPSA) is 59.9 Å². The molecule has 1 amide bonds. The minimum atomic E-state index is -0.517. The van der Waals surface area contributed by atoms with E-state index in [0.29, 0.717) is 5.69 Å². The van der Waals surface area contributed by atoms with Gasteiger partial charge in [-0.15, -0.1) is 0 Å². The second-order valence-corrected chi connectivity index (χ2v) is 4.59. The number of carbonyl (C=O) groups is 1. The molecule has 0 aliphatic heterocycles. The van der Waals surface area contributed by atoms with E-state index in [1.807, 2.05) is 55.5 Å². The van der Waals surface area contributed by atoms with Crippen molar-refractivity contribution in [1.82, 2.24) is 0 Å². The van der Waals surface area contributed by atoms with Crippen molar-refractivity contribution in [3.8, 4) is 0 Å². The van der Waals surface area contributed by atoms with Gasteiger partial charge in [-0.05, 0) is 18.6 Å². The fraction of sp³-hybridized carbons (Fsp3) is 0.176. The normalized spacial score (nSPS) is 10.9. The van der Waals surface area contributed by atoms with Crippen LogP contribution in [0.15, 0.2) is 59.8 Å². The molecule has 5 heteroatoms. The van der Waals surface area contributed by atoms with E-state index in [9.17, 15) is 4.79 Å². The van der Waals surface area contributed by atoms with E-state index in [1.54, 1.807) is 6.07 Å². The highest BCUT2D eigenvalue weighted by Gasteiger charge is 2.06. The zero-order chi connectivity index (χ0) is 15.8. The lowest BCUT2D eigenvalue weighted by atomic mass is 10.1. The van der Waals surface area contributed by atoms with E-state index < -0.39 is 6.09 Å². The molecule has 2 aromatic carbocycles. The monoisotopic (exact) mass is 298 g/mol. The lowest BCUT2D eigenvalue weighted by Gasteiger charge is -2.09. The Morgan fingerprint density at radius 3 is 2.50 bits per heavy atom. The average molecular weight is 298 g/mol. The summed E-state index contributed by atoms with van der Waals surface area (Å²) < 4.78 is 4.59. The molecule has 5 nitrogen and oxygen atoms in total. The number of nitrogens with one attached hydrogen (secondary N) is 1. The standard InChI is InChI=1S/C17H18N2O3/c1-13(14-8-4-3-5-9-14)19-22-12-15-10-6-7-11-16(15)18-17(20)21-2/h3-11H,12H2,1-2H3,(H,18,20). The molecule has 114 valence electrons. The van der Waals surface area contributed by atoms with Crippen molar-refractivity contribution < 1.29 is 14.4 Å². The fourth-order valence-corrected chi connectivity index (χ4v) is 1.86. The number of nitrogens with zero attached hydrogens (tertiary/aromatic N) is 1. The zero-order valence-corrected chi connectivity index (χ0v) is 12.6. The Morgan fingerprint density at radius 1 is 1.09 bits per heavy atom. The summed E-state index contributed by atoms with van der Waals surface area (Å²) in [7, 11) is 1.32. The van der Waals surface area contributed by atoms with Crippen LogP contribution in [0.1, 0.15) is 18.1 Å². The van der Waals surface area contributed by atoms with Crippen LogP contribution >= 0.6 is 0 Å². The molecule has 1 N–H and O–H groups in total. The van der Waals surface area contributed by atoms with Gasteiger partial charge in [0.15, 0.2) is 0 Å². The summed E-state index contributed by atoms with van der Waals surface area (Å²) >= 11 is 0. The zero-order valence-electron chi connectivity index (χ0n) is 12.6. The molecule has 22 heavy (non-hydrogen) atoms. The van der Waals surface area contributed by atoms with Crippen molar-refractivity contribution in [3.05, 3.63) is 65.7 Å². The number of hydrogen-bond donors (Lipinski definition) is 1. The lowest BCUT2D eigenvalue weighted by Crippen LogP contribution is -2.12. The van der Waals surface area contributed by atoms with Gasteiger partial charge >= 0.3 is 6.09 Å². The van der Waals surface area contributed by atoms with Gasteiger partial charge in [0, 0.05) is 5.56 Å². The number of amides is 1. The number of ether oxygens (including phenoxy) is 1. The van der Waals surface area contributed by atoms with Crippen LogP contribution in [0.3, 0.4) is 0 Å². The minimum Gasteiger partial charge on any atom is -0.453 e. The molecule has 0 atom stereocenters. The van der Waals surface area contributed by atoms with E-state index in [4.69, 9.17) is 4.84 Å². The Balaban J connectivity index is 2.01. The van der Waals surface area contributed by atoms with Gasteiger partial charge in [-0.2, -0.15) is 0 Å². The van der Waals surface area contributed by atoms with Crippen molar-refractivity contribution in [3.63, 3.8) is 0 Å². The van der Waals surface area contributed by atoms with Gasteiger partial charge in [-0.1, -0.05) is 53.7 Å². The van der Waals surface area contributed by atoms with Crippen molar-refractivity contribution in [2.75, 3.05) is 12.4 Å². The number of carbonyl (C=O) groups excluding carboxylic acids is 1. The van der Waals surface area contributed by atoms with Gasteiger partial charge in [0.2, 0.25) is 0 Å². The Bertz CT molecular complexity index is 654. The van der Waals surface area contributed by atoms with Crippen LogP contribution in [-0.2, 0) is 16.2 Å². The van der Waals surface area contributed by atoms with Crippen molar-refractivity contribution in [2.45, 2.75) is 13.5 Å². The molecule has 0 saturated heterocycles. The first kappa shape index (κ1) is 15.6. The molecule has 0 unspecified atom stereocenters. The predicted octanol–water partition coefficient (Wildman–Crippen LogP) is 3.81. The minimum absolute atomic E-state index is 0.254. The third-order valence-electron chi connectivity index (χ3n) is 3.05. The first-order valence-electron chi connectivity index (χ1n) is 6.85. The van der Waals surface area contributed by atoms with E-state index >= 15 is 0 Å². The molecule has 0 heterocycles. The van der Waals surface area contributed by atoms with Crippen molar-refractivity contribution in [1.29, 1.82) is 0 Å². The summed E-state index contributed by atoms with van der Waals surface area (Å²) in [5.41, 5.74) is 3.25. The largest absolute Gasteiger partial charge is 0.453 e. The van der Waals surface area contributed by atoms with Gasteiger partial charge < -0.3 is 9.57 Å². The fourth-order valence-electron chi connectivity index (χ4n) is 1.86. The van der Waals surface area contributed by atoms with Gasteiger partial charge in [-0.25, -0.2) is 4.79 Å². The summed E-state index contributed by atoms with van der Waals surface area (Å²) in [5.74, 6) is 0. The number of hydrogen-bond acceptors (Lipinski definition) is 4. The summed E-state index contributed by atoms with van der Waals surface area (Å²) in [6.45, 7) is 2.14. The van der Waals surface area contributed by atoms with Gasteiger partial charge in [-0.3, -0.25) is 5.32 Å². The maximum atomic E-state index is 11.3. The number of oxime groups is 1. The van der Waals surface area contributed by atoms with E-state index in [-0.39, 0.29) is 6.61 Å². The molecule has 0 aliphatic rings. The number of rotatable bonds is 5. The number of benzene rings is 2. The summed E-state index contributed by atoms with van der Waals surface area (Å²) in [5, 5.41) is 6.74. The highest BCUT2D eigenvalue weighted by Crippen LogP contribution is 2.16. The summed E-state index contributed by atoms with van der Waals surface area (Å²) in [6.07, 6.45) is -0.517. The van der Waals surface area contributed by atoms with Gasteiger partial charge in [0.1, 0.15) is 6.61 Å². The molecule has 2 aromatic rings. The smallest absolute Gasteiger partial charge is 0.411 e. The lowest BCUT2D eigenvalue weighted by molar-refractivity contribution is 0.131. The van der Waals surface area contributed by atoms with Crippen LogP contribution in [0.2, 0.25) is 0 Å². The van der Waals surface area contributed by atoms with Gasteiger partial charge in [0.05, 0.1) is 18.5 Å². The molecule has 0 aliphatic carbocycles. The second-order valence-electron chi connectivity index (χ2n) is 4.59. The quantitative estimate of drug-likeness (QED) is 0.674. The van der Waals surface area contributed by atoms with E-state index in [0.717, 1.165) is 16.8 Å². The summed E-state index contributed by atoms with van der Waals surface area (Å²) in [6, 6.07) is 17.1. The first-order chi connectivity index (χ1) is 10.7. The highest BCUT2D eigenvalue weighted by molar-refractivity contribution is 5.98. The maximum Gasteiger partial charge on any atom is 0.411 e. The highest BCUT2D eigenvalue weighted by atomic mass is 16.6. The Labute approximate surface area is 129 Å². The maximum absolute atomic E-state index is 11.3. The first-order valence-corrected chi connectivity index (χ1v) is 6.85. The SMILES string of the molecule is COC(=O)Nc1ccccc1CON=C(C)c1ccccc1. The Morgan fingerprint density at radius 2 is 1.77 bits per heavy atom. The van der Waals surface area contributed by atoms with E-state index in [1.165, 1.54) is 7.11 Å². The third-order valence-corrected chi connectivity index (χ3v) is 3.05. The van der Waals surface area contributed by atoms with Crippen LogP contribution in [0.4, 0.5) is 10.5 Å². The molecule has 0 spiro atoms. The Kier molecular flexibility index (Phi) is 5.54. The van der Waals surface area contributed by atoms with Crippen LogP contribution in [-0.4, -0.2) is 18.9 Å². The van der Waals surface area contributed by atoms with Crippen molar-refractivity contribution in [2.24, 2.45) is 5.16 Å². The second kappa shape index (κ2) is 7.83. The van der Waals surface area contributed by atoms with Crippen LogP contribution < -0.4 is 5.32 Å². The molecule has 0 fully saturated rings. The summed E-state index contributed by atoms with van der Waals surface area (Å²) in [4.78, 5) is 16.7. The molecular formula is C17H18N2O3. The number of para-hydroxylation sites is 1. The molecular weight excluding hydrogens is 280 g/mol. The third kappa shape index (κ3) is 4.34. The van der Waals surface area contributed by atoms with Crippen molar-refractivity contribution >= 4 is 17.5 Å². The van der Waals surface area contributed by atoms with Gasteiger partial charge in [0.25, 0.3) is 0 Å². The predicted molar refractivity (Wildman–Crippen MR) is 85.9 cm³/mol. The average Bonchev–Trinajstić information content (AvgIpc) is 2.57. The number of anilines is 1. The molecule has 0 saturated carbocycles.